The van der Waals surface area contributed by atoms with Crippen molar-refractivity contribution in [2.75, 3.05) is 33.4 Å². The van der Waals surface area contributed by atoms with E-state index in [0.717, 1.165) is 13.1 Å². The molecule has 0 aromatic carbocycles. The molecule has 0 aromatic rings. The Morgan fingerprint density at radius 2 is 2.07 bits per heavy atom. The maximum absolute atomic E-state index is 11.3. The molecule has 0 fully saturated rings. The number of esters is 1. The monoisotopic (exact) mass is 203 g/mol. The van der Waals surface area contributed by atoms with Crippen molar-refractivity contribution in [2.45, 2.75) is 26.9 Å². The van der Waals surface area contributed by atoms with E-state index in [4.69, 9.17) is 9.47 Å². The van der Waals surface area contributed by atoms with E-state index < -0.39 is 0 Å². The van der Waals surface area contributed by atoms with Crippen LogP contribution in [0.1, 0.15) is 20.8 Å². The highest BCUT2D eigenvalue weighted by molar-refractivity contribution is 5.71. The fourth-order valence-corrected chi connectivity index (χ4v) is 1.05. The number of nitrogens with zero attached hydrogens (tertiary/aromatic N) is 1. The minimum atomic E-state index is -0.169. The molecule has 0 heterocycles. The van der Waals surface area contributed by atoms with Crippen molar-refractivity contribution in [2.24, 2.45) is 0 Å². The zero-order valence-corrected chi connectivity index (χ0v) is 9.58. The lowest BCUT2D eigenvalue weighted by Crippen LogP contribution is -2.34. The summed E-state index contributed by atoms with van der Waals surface area (Å²) in [6, 6.07) is 0. The van der Waals surface area contributed by atoms with Crippen LogP contribution in [0.3, 0.4) is 0 Å². The zero-order chi connectivity index (χ0) is 11.0. The Balaban J connectivity index is 3.74. The van der Waals surface area contributed by atoms with Gasteiger partial charge in [-0.2, -0.15) is 0 Å². The third kappa shape index (κ3) is 6.86. The summed E-state index contributed by atoms with van der Waals surface area (Å²) in [5.74, 6) is -0.169. The molecule has 0 aliphatic carbocycles. The lowest BCUT2D eigenvalue weighted by atomic mass is 10.4. The van der Waals surface area contributed by atoms with Gasteiger partial charge in [0.25, 0.3) is 0 Å². The molecule has 0 atom stereocenters. The Bertz CT molecular complexity index is 159. The predicted octanol–water partition coefficient (Wildman–Crippen LogP) is 0.906. The highest BCUT2D eigenvalue weighted by Crippen LogP contribution is 1.93. The van der Waals surface area contributed by atoms with E-state index in [1.165, 1.54) is 0 Å². The number of ether oxygens (including phenoxy) is 2. The van der Waals surface area contributed by atoms with E-state index in [9.17, 15) is 4.79 Å². The molecule has 0 spiro atoms. The summed E-state index contributed by atoms with van der Waals surface area (Å²) >= 11 is 0. The summed E-state index contributed by atoms with van der Waals surface area (Å²) in [6.45, 7) is 8.29. The lowest BCUT2D eigenvalue weighted by Gasteiger charge is -2.19. The van der Waals surface area contributed by atoms with Crippen molar-refractivity contribution >= 4 is 5.97 Å². The second kappa shape index (κ2) is 7.76. The van der Waals surface area contributed by atoms with Gasteiger partial charge >= 0.3 is 5.97 Å². The number of rotatable bonds is 7. The van der Waals surface area contributed by atoms with Crippen molar-refractivity contribution in [1.29, 1.82) is 0 Å². The molecular formula is C10H21NO3. The minimum Gasteiger partial charge on any atom is -0.462 e. The molecule has 84 valence electrons. The number of carbonyl (C=O) groups is 1. The average molecular weight is 203 g/mol. The largest absolute Gasteiger partial charge is 0.462 e. The molecule has 0 N–H and O–H groups in total. The van der Waals surface area contributed by atoms with Crippen molar-refractivity contribution in [3.63, 3.8) is 0 Å². The number of methoxy groups -OCH3 is 1. The first kappa shape index (κ1) is 13.4. The molecule has 4 heteroatoms. The molecule has 0 saturated carbocycles. The standard InChI is InChI=1S/C10H21NO3/c1-5-11(6-7-13-4)8-10(12)14-9(2)3/h9H,5-8H2,1-4H3. The third-order valence-electron chi connectivity index (χ3n) is 1.78. The van der Waals surface area contributed by atoms with Gasteiger partial charge in [0, 0.05) is 13.7 Å². The Morgan fingerprint density at radius 3 is 2.50 bits per heavy atom. The minimum absolute atomic E-state index is 0.0383. The fourth-order valence-electron chi connectivity index (χ4n) is 1.05. The molecule has 4 nitrogen and oxygen atoms in total. The SMILES string of the molecule is CCN(CCOC)CC(=O)OC(C)C. The number of hydrogen-bond donors (Lipinski definition) is 0. The molecule has 0 bridgehead atoms. The summed E-state index contributed by atoms with van der Waals surface area (Å²) < 4.78 is 9.98. The molecule has 0 rings (SSSR count). The van der Waals surface area contributed by atoms with Crippen LogP contribution in [0, 0.1) is 0 Å². The lowest BCUT2D eigenvalue weighted by molar-refractivity contribution is -0.148. The van der Waals surface area contributed by atoms with Gasteiger partial charge in [0.05, 0.1) is 19.3 Å². The topological polar surface area (TPSA) is 38.8 Å². The van der Waals surface area contributed by atoms with Gasteiger partial charge < -0.3 is 9.47 Å². The van der Waals surface area contributed by atoms with Crippen LogP contribution in [-0.4, -0.2) is 50.3 Å². The summed E-state index contributed by atoms with van der Waals surface area (Å²) in [6.07, 6.45) is -0.0383. The van der Waals surface area contributed by atoms with Crippen molar-refractivity contribution in [3.05, 3.63) is 0 Å². The van der Waals surface area contributed by atoms with Crippen LogP contribution >= 0.6 is 0 Å². The Hall–Kier alpha value is -0.610. The molecule has 0 aliphatic rings. The van der Waals surface area contributed by atoms with Gasteiger partial charge in [-0.25, -0.2) is 0 Å². The van der Waals surface area contributed by atoms with Gasteiger partial charge in [-0.15, -0.1) is 0 Å². The Kier molecular flexibility index (Phi) is 7.42. The molecule has 0 aromatic heterocycles. The molecule has 0 unspecified atom stereocenters. The quantitative estimate of drug-likeness (QED) is 0.576. The van der Waals surface area contributed by atoms with Gasteiger partial charge in [0.2, 0.25) is 0 Å². The van der Waals surface area contributed by atoms with Gasteiger partial charge in [0.15, 0.2) is 0 Å². The van der Waals surface area contributed by atoms with E-state index in [2.05, 4.69) is 0 Å². The van der Waals surface area contributed by atoms with Gasteiger partial charge in [-0.1, -0.05) is 6.92 Å². The summed E-state index contributed by atoms with van der Waals surface area (Å²) in [5, 5.41) is 0. The zero-order valence-electron chi connectivity index (χ0n) is 9.58. The highest BCUT2D eigenvalue weighted by Gasteiger charge is 2.10. The van der Waals surface area contributed by atoms with Crippen LogP contribution < -0.4 is 0 Å². The normalized spacial score (nSPS) is 11.0. The van der Waals surface area contributed by atoms with Crippen LogP contribution in [0.25, 0.3) is 0 Å². The van der Waals surface area contributed by atoms with Crippen molar-refractivity contribution < 1.29 is 14.3 Å². The van der Waals surface area contributed by atoms with Crippen molar-refractivity contribution in [1.82, 2.24) is 4.90 Å². The summed E-state index contributed by atoms with van der Waals surface area (Å²) in [5.41, 5.74) is 0. The summed E-state index contributed by atoms with van der Waals surface area (Å²) in [7, 11) is 1.65. The number of hydrogen-bond acceptors (Lipinski definition) is 4. The summed E-state index contributed by atoms with van der Waals surface area (Å²) in [4.78, 5) is 13.3. The molecule has 0 radical (unpaired) electrons. The van der Waals surface area contributed by atoms with Crippen LogP contribution in [0.4, 0.5) is 0 Å². The van der Waals surface area contributed by atoms with Crippen LogP contribution in [-0.2, 0) is 14.3 Å². The third-order valence-corrected chi connectivity index (χ3v) is 1.78. The first-order valence-corrected chi connectivity index (χ1v) is 5.00. The first-order valence-electron chi connectivity index (χ1n) is 5.00. The van der Waals surface area contributed by atoms with E-state index >= 15 is 0 Å². The van der Waals surface area contributed by atoms with Crippen LogP contribution in [0.2, 0.25) is 0 Å². The predicted molar refractivity (Wildman–Crippen MR) is 55.2 cm³/mol. The van der Waals surface area contributed by atoms with E-state index in [1.807, 2.05) is 25.7 Å². The Morgan fingerprint density at radius 1 is 1.43 bits per heavy atom. The smallest absolute Gasteiger partial charge is 0.320 e. The molecule has 14 heavy (non-hydrogen) atoms. The molecular weight excluding hydrogens is 182 g/mol. The number of likely N-dealkylation sites (N-methyl/N-ethyl adjacent to an activating group) is 1. The van der Waals surface area contributed by atoms with E-state index in [-0.39, 0.29) is 12.1 Å². The average Bonchev–Trinajstić information content (AvgIpc) is 2.10. The maximum Gasteiger partial charge on any atom is 0.320 e. The number of carbonyl (C=O) groups excluding carboxylic acids is 1. The molecule has 0 aliphatic heterocycles. The van der Waals surface area contributed by atoms with Gasteiger partial charge in [0.1, 0.15) is 0 Å². The van der Waals surface area contributed by atoms with Gasteiger partial charge in [-0.3, -0.25) is 9.69 Å². The highest BCUT2D eigenvalue weighted by atomic mass is 16.5. The van der Waals surface area contributed by atoms with E-state index in [0.29, 0.717) is 13.2 Å². The second-order valence-corrected chi connectivity index (χ2v) is 3.40. The van der Waals surface area contributed by atoms with E-state index in [1.54, 1.807) is 7.11 Å². The van der Waals surface area contributed by atoms with Crippen LogP contribution in [0.5, 0.6) is 0 Å². The first-order chi connectivity index (χ1) is 6.60. The fraction of sp³-hybridized carbons (Fsp3) is 0.900. The maximum atomic E-state index is 11.3. The molecule has 0 amide bonds. The van der Waals surface area contributed by atoms with Crippen molar-refractivity contribution in [3.8, 4) is 0 Å². The second-order valence-electron chi connectivity index (χ2n) is 3.40. The van der Waals surface area contributed by atoms with Gasteiger partial charge in [-0.05, 0) is 20.4 Å². The Labute approximate surface area is 86.2 Å². The van der Waals surface area contributed by atoms with Crippen LogP contribution in [0.15, 0.2) is 0 Å². The molecule has 0 saturated heterocycles.